The van der Waals surface area contributed by atoms with Crippen LogP contribution in [0, 0.1) is 5.41 Å². The van der Waals surface area contributed by atoms with Gasteiger partial charge in [0.2, 0.25) is 0 Å². The van der Waals surface area contributed by atoms with Gasteiger partial charge in [0.1, 0.15) is 0 Å². The number of ether oxygens (including phenoxy) is 1. The minimum atomic E-state index is -1.98. The van der Waals surface area contributed by atoms with Gasteiger partial charge in [0.25, 0.3) is 9.04 Å². The lowest BCUT2D eigenvalue weighted by Gasteiger charge is -2.49. The van der Waals surface area contributed by atoms with Crippen molar-refractivity contribution < 1.29 is 23.9 Å². The second-order valence-electron chi connectivity index (χ2n) is 13.8. The van der Waals surface area contributed by atoms with Crippen LogP contribution in [0.2, 0.25) is 0 Å². The van der Waals surface area contributed by atoms with Crippen molar-refractivity contribution in [3.8, 4) is 0 Å². The highest BCUT2D eigenvalue weighted by molar-refractivity contribution is 7.99. The predicted octanol–water partition coefficient (Wildman–Crippen LogP) is 8.84. The maximum absolute atomic E-state index is 14.5. The fraction of sp³-hybridized carbons (Fsp3) is 0.395. The molecule has 7 heteroatoms. The van der Waals surface area contributed by atoms with Crippen LogP contribution in [-0.4, -0.2) is 44.5 Å². The normalized spacial score (nSPS) is 13.5. The van der Waals surface area contributed by atoms with Crippen molar-refractivity contribution in [3.05, 3.63) is 132 Å². The number of methoxy groups -OCH3 is 1. The van der Waals surface area contributed by atoms with Gasteiger partial charge in [-0.3, -0.25) is 4.79 Å². The van der Waals surface area contributed by atoms with E-state index in [1.807, 2.05) is 63.2 Å². The summed E-state index contributed by atoms with van der Waals surface area (Å²) in [6, 6.07) is 39.2. The molecule has 2 atom stereocenters. The van der Waals surface area contributed by atoms with Crippen LogP contribution in [0.1, 0.15) is 87.7 Å². The molecule has 4 aromatic rings. The first-order valence-electron chi connectivity index (χ1n) is 17.9. The van der Waals surface area contributed by atoms with Crippen LogP contribution in [0.4, 0.5) is 0 Å². The molecule has 0 aliphatic carbocycles. The van der Waals surface area contributed by atoms with Crippen molar-refractivity contribution in [1.82, 2.24) is 0 Å². The Labute approximate surface area is 305 Å². The number of unbranched alkanes of at least 4 members (excludes halogenated alkanes) is 5. The summed E-state index contributed by atoms with van der Waals surface area (Å²) in [5, 5.41) is 11.2. The maximum Gasteiger partial charge on any atom is 0.339 e. The topological polar surface area (TPSA) is 72.8 Å². The number of benzene rings is 4. The highest BCUT2D eigenvalue weighted by Crippen LogP contribution is 2.52. The molecule has 0 aliphatic rings. The number of aryl methyl sites for hydroxylation is 2. The van der Waals surface area contributed by atoms with Gasteiger partial charge in [0.15, 0.2) is 5.60 Å². The summed E-state index contributed by atoms with van der Waals surface area (Å²) in [6.45, 7) is 6.10. The number of hydrogen-bond donors (Lipinski definition) is 1. The predicted molar refractivity (Wildman–Crippen MR) is 209 cm³/mol. The van der Waals surface area contributed by atoms with Crippen molar-refractivity contribution in [2.45, 2.75) is 89.4 Å². The van der Waals surface area contributed by atoms with E-state index < -0.39 is 37.2 Å². The van der Waals surface area contributed by atoms with E-state index in [0.717, 1.165) is 41.6 Å². The Morgan fingerprint density at radius 2 is 1.20 bits per heavy atom. The summed E-state index contributed by atoms with van der Waals surface area (Å²) in [7, 11) is -0.552. The van der Waals surface area contributed by atoms with E-state index in [0.29, 0.717) is 5.75 Å². The van der Waals surface area contributed by atoms with Crippen LogP contribution in [0.3, 0.4) is 0 Å². The summed E-state index contributed by atoms with van der Waals surface area (Å²) >= 11 is 1.49. The molecule has 0 saturated carbocycles. The van der Waals surface area contributed by atoms with E-state index in [-0.39, 0.29) is 6.42 Å². The SMILES string of the molecule is COC(=O)C(O[Si](c1ccccc1)c1ccccc1)(C(SCCC(=O)O)c1ccccc1CCCCCCCCc1ccccc1)C(C)(C)C. The Kier molecular flexibility index (Phi) is 15.4. The number of hydrogen-bond acceptors (Lipinski definition) is 5. The van der Waals surface area contributed by atoms with Crippen LogP contribution in [0.25, 0.3) is 0 Å². The molecular weight excluding hydrogens is 657 g/mol. The van der Waals surface area contributed by atoms with Gasteiger partial charge in [-0.1, -0.05) is 162 Å². The first-order valence-corrected chi connectivity index (χ1v) is 20.3. The molecule has 0 bridgehead atoms. The molecule has 1 radical (unpaired) electrons. The molecule has 0 aliphatic heterocycles. The fourth-order valence-electron chi connectivity index (χ4n) is 6.54. The van der Waals surface area contributed by atoms with E-state index in [1.54, 1.807) is 0 Å². The van der Waals surface area contributed by atoms with Gasteiger partial charge >= 0.3 is 11.9 Å². The summed E-state index contributed by atoms with van der Waals surface area (Å²) in [5.74, 6) is -0.988. The van der Waals surface area contributed by atoms with Crippen molar-refractivity contribution in [2.75, 3.05) is 12.9 Å². The molecule has 265 valence electrons. The minimum Gasteiger partial charge on any atom is -0.481 e. The molecule has 0 heterocycles. The number of thioether (sulfide) groups is 1. The number of carboxylic acids is 1. The van der Waals surface area contributed by atoms with Crippen LogP contribution >= 0.6 is 11.8 Å². The fourth-order valence-corrected chi connectivity index (χ4v) is 10.7. The van der Waals surface area contributed by atoms with Crippen LogP contribution < -0.4 is 10.4 Å². The number of esters is 1. The van der Waals surface area contributed by atoms with E-state index in [4.69, 9.17) is 9.16 Å². The van der Waals surface area contributed by atoms with Gasteiger partial charge in [0.05, 0.1) is 18.8 Å². The molecule has 4 aromatic carbocycles. The Balaban J connectivity index is 1.65. The second-order valence-corrected chi connectivity index (χ2v) is 17.1. The van der Waals surface area contributed by atoms with Gasteiger partial charge in [-0.05, 0) is 52.7 Å². The zero-order valence-corrected chi connectivity index (χ0v) is 31.9. The number of carboxylic acid groups (broad SMARTS) is 1. The van der Waals surface area contributed by atoms with Crippen molar-refractivity contribution >= 4 is 43.1 Å². The van der Waals surface area contributed by atoms with Gasteiger partial charge in [0, 0.05) is 11.2 Å². The standard InChI is InChI=1S/C43H53O5SSi/c1-42(2,3)43(41(46)47-4,48-50(36-27-16-10-17-28-36)37-29-18-11-19-30-37)40(49-33-32-39(44)45)38-31-21-20-26-35(38)25-15-8-6-5-7-12-22-34-23-13-9-14-24-34/h9-11,13-14,16-21,23-24,26-31,40H,5-8,12,15,22,25,32-33H2,1-4H3,(H,44,45). The molecule has 1 N–H and O–H groups in total. The number of carbonyl (C=O) groups excluding carboxylic acids is 1. The highest BCUT2D eigenvalue weighted by atomic mass is 32.2. The van der Waals surface area contributed by atoms with Crippen LogP contribution in [0.5, 0.6) is 0 Å². The first kappa shape index (κ1) is 39.1. The Bertz CT molecular complexity index is 1550. The summed E-state index contributed by atoms with van der Waals surface area (Å²) in [5.41, 5.74) is 1.41. The average molecular weight is 710 g/mol. The Morgan fingerprint density at radius 3 is 1.74 bits per heavy atom. The van der Waals surface area contributed by atoms with Gasteiger partial charge in [-0.15, -0.1) is 11.8 Å². The zero-order chi connectivity index (χ0) is 35.8. The number of carbonyl (C=O) groups is 2. The van der Waals surface area contributed by atoms with Gasteiger partial charge in [-0.2, -0.15) is 0 Å². The molecule has 0 fully saturated rings. The molecule has 0 spiro atoms. The zero-order valence-electron chi connectivity index (χ0n) is 30.1. The number of rotatable bonds is 20. The van der Waals surface area contributed by atoms with Crippen LogP contribution in [-0.2, 0) is 31.6 Å². The van der Waals surface area contributed by atoms with E-state index in [9.17, 15) is 14.7 Å². The van der Waals surface area contributed by atoms with E-state index in [2.05, 4.69) is 72.8 Å². The summed E-state index contributed by atoms with van der Waals surface area (Å²) in [4.78, 5) is 26.3. The van der Waals surface area contributed by atoms with Crippen molar-refractivity contribution in [3.63, 3.8) is 0 Å². The lowest BCUT2D eigenvalue weighted by Crippen LogP contribution is -2.63. The van der Waals surface area contributed by atoms with Crippen molar-refractivity contribution in [2.24, 2.45) is 5.41 Å². The summed E-state index contributed by atoms with van der Waals surface area (Å²) < 4.78 is 13.1. The quantitative estimate of drug-likeness (QED) is 0.0562. The van der Waals surface area contributed by atoms with Gasteiger partial charge < -0.3 is 14.3 Å². The molecule has 0 aromatic heterocycles. The van der Waals surface area contributed by atoms with Crippen LogP contribution in [0.15, 0.2) is 115 Å². The smallest absolute Gasteiger partial charge is 0.339 e. The molecular formula is C43H53O5SSi. The highest BCUT2D eigenvalue weighted by Gasteiger charge is 2.59. The maximum atomic E-state index is 14.5. The molecule has 50 heavy (non-hydrogen) atoms. The largest absolute Gasteiger partial charge is 0.481 e. The third kappa shape index (κ3) is 10.7. The third-order valence-electron chi connectivity index (χ3n) is 9.25. The molecule has 4 rings (SSSR count). The molecule has 5 nitrogen and oxygen atoms in total. The van der Waals surface area contributed by atoms with Gasteiger partial charge in [-0.25, -0.2) is 4.79 Å². The van der Waals surface area contributed by atoms with E-state index >= 15 is 0 Å². The minimum absolute atomic E-state index is 0.0236. The lowest BCUT2D eigenvalue weighted by atomic mass is 9.71. The Hall–Kier alpha value is -3.65. The summed E-state index contributed by atoms with van der Waals surface area (Å²) in [6.07, 6.45) is 8.98. The number of aliphatic carboxylic acids is 1. The Morgan fingerprint density at radius 1 is 0.700 bits per heavy atom. The molecule has 0 saturated heterocycles. The molecule has 2 unspecified atom stereocenters. The third-order valence-corrected chi connectivity index (χ3v) is 12.9. The van der Waals surface area contributed by atoms with E-state index in [1.165, 1.54) is 55.7 Å². The average Bonchev–Trinajstić information content (AvgIpc) is 3.12. The first-order chi connectivity index (χ1) is 24.2. The molecule has 0 amide bonds. The lowest BCUT2D eigenvalue weighted by molar-refractivity contribution is -0.171. The monoisotopic (exact) mass is 709 g/mol. The second kappa shape index (κ2) is 19.7. The van der Waals surface area contributed by atoms with Crippen molar-refractivity contribution in [1.29, 1.82) is 0 Å².